The van der Waals surface area contributed by atoms with Crippen molar-refractivity contribution in [2.45, 2.75) is 52.0 Å². The van der Waals surface area contributed by atoms with Crippen molar-refractivity contribution >= 4 is 29.3 Å². The molecule has 0 saturated carbocycles. The molecule has 0 bridgehead atoms. The van der Waals surface area contributed by atoms with Crippen LogP contribution in [0.15, 0.2) is 85.5 Å². The zero-order valence-electron chi connectivity index (χ0n) is 23.7. The summed E-state index contributed by atoms with van der Waals surface area (Å²) >= 11 is 6.73. The van der Waals surface area contributed by atoms with E-state index in [9.17, 15) is 9.90 Å². The number of imidazole rings is 1. The van der Waals surface area contributed by atoms with E-state index in [-0.39, 0.29) is 11.6 Å². The van der Waals surface area contributed by atoms with Crippen LogP contribution in [0.4, 0.5) is 0 Å². The van der Waals surface area contributed by atoms with Gasteiger partial charge in [-0.25, -0.2) is 9.78 Å². The number of aromatic nitrogens is 2. The lowest BCUT2D eigenvalue weighted by molar-refractivity contribution is 0.0697. The van der Waals surface area contributed by atoms with Crippen molar-refractivity contribution in [3.05, 3.63) is 119 Å². The number of fused-ring (bicyclic) bond motifs is 1. The summed E-state index contributed by atoms with van der Waals surface area (Å²) in [5.41, 5.74) is 6.39. The molecule has 0 radical (unpaired) electrons. The number of aromatic carboxylic acids is 1. The number of hydrogen-bond acceptors (Lipinski definition) is 3. The van der Waals surface area contributed by atoms with Crippen LogP contribution in [0.25, 0.3) is 34.3 Å². The van der Waals surface area contributed by atoms with Crippen LogP contribution in [-0.4, -0.2) is 27.1 Å². The number of rotatable bonds is 13. The monoisotopic (exact) mass is 566 g/mol. The Bertz CT molecular complexity index is 1530. The minimum atomic E-state index is -1.04. The number of nitrogens with one attached hydrogen (secondary N) is 2. The number of carboxylic acid groups (broad SMARTS) is 1. The van der Waals surface area contributed by atoms with Crippen LogP contribution in [0.5, 0.6) is 0 Å². The van der Waals surface area contributed by atoms with Gasteiger partial charge in [0.25, 0.3) is 0 Å². The number of carbonyl (C=O) groups is 1. The molecule has 210 valence electrons. The first-order valence-corrected chi connectivity index (χ1v) is 14.4. The summed E-state index contributed by atoms with van der Waals surface area (Å²) in [4.78, 5) is 20.8. The minimum absolute atomic E-state index is 0.148. The van der Waals surface area contributed by atoms with Gasteiger partial charge in [-0.05, 0) is 42.2 Å². The maximum atomic E-state index is 12.6. The normalized spacial score (nSPS) is 13.0. The molecule has 4 rings (SSSR count). The van der Waals surface area contributed by atoms with Crippen molar-refractivity contribution in [3.8, 4) is 22.5 Å². The van der Waals surface area contributed by atoms with Gasteiger partial charge in [0, 0.05) is 52.0 Å². The Kier molecular flexibility index (Phi) is 10.1. The van der Waals surface area contributed by atoms with Gasteiger partial charge in [-0.3, -0.25) is 0 Å². The predicted molar refractivity (Wildman–Crippen MR) is 172 cm³/mol. The average Bonchev–Trinajstić information content (AvgIpc) is 3.24. The molecule has 3 aromatic rings. The Morgan fingerprint density at radius 1 is 1.22 bits per heavy atom. The van der Waals surface area contributed by atoms with E-state index in [1.807, 2.05) is 54.6 Å². The summed E-state index contributed by atoms with van der Waals surface area (Å²) in [6.07, 6.45) is 18.6. The number of allylic oxidation sites excluding steroid dienone is 6. The zero-order valence-corrected chi connectivity index (χ0v) is 24.5. The van der Waals surface area contributed by atoms with Gasteiger partial charge in [0.1, 0.15) is 5.82 Å². The third-order valence-corrected chi connectivity index (χ3v) is 7.44. The first kappa shape index (κ1) is 29.8. The summed E-state index contributed by atoms with van der Waals surface area (Å²) in [7, 11) is 0. The first-order chi connectivity index (χ1) is 19.8. The highest BCUT2D eigenvalue weighted by atomic mass is 35.5. The van der Waals surface area contributed by atoms with Crippen LogP contribution < -0.4 is 5.32 Å². The van der Waals surface area contributed by atoms with Crippen molar-refractivity contribution in [2.24, 2.45) is 0 Å². The van der Waals surface area contributed by atoms with E-state index in [0.717, 1.165) is 60.2 Å². The summed E-state index contributed by atoms with van der Waals surface area (Å²) < 4.78 is 0. The number of carboxylic acids is 1. The van der Waals surface area contributed by atoms with E-state index in [0.29, 0.717) is 27.7 Å². The molecule has 0 spiro atoms. The van der Waals surface area contributed by atoms with Gasteiger partial charge in [0.2, 0.25) is 0 Å². The summed E-state index contributed by atoms with van der Waals surface area (Å²) in [5, 5.41) is 14.2. The molecule has 1 atom stereocenters. The first-order valence-electron chi connectivity index (χ1n) is 14.0. The van der Waals surface area contributed by atoms with Gasteiger partial charge in [0.05, 0.1) is 29.8 Å². The lowest BCUT2D eigenvalue weighted by atomic mass is 9.92. The lowest BCUT2D eigenvalue weighted by Crippen LogP contribution is -2.27. The molecule has 1 aliphatic rings. The molecule has 0 aliphatic heterocycles. The molecule has 1 aliphatic carbocycles. The number of hydrogen-bond donors (Lipinski definition) is 3. The van der Waals surface area contributed by atoms with Gasteiger partial charge in [0.15, 0.2) is 0 Å². The molecule has 41 heavy (non-hydrogen) atoms. The molecular weight excluding hydrogens is 530 g/mol. The molecule has 1 heterocycles. The fourth-order valence-corrected chi connectivity index (χ4v) is 5.15. The maximum Gasteiger partial charge on any atom is 0.336 e. The highest BCUT2D eigenvalue weighted by Crippen LogP contribution is 2.39. The molecule has 6 heteroatoms. The van der Waals surface area contributed by atoms with Crippen LogP contribution in [0.2, 0.25) is 5.02 Å². The highest BCUT2D eigenvalue weighted by Gasteiger charge is 2.22. The summed E-state index contributed by atoms with van der Waals surface area (Å²) in [6, 6.07) is 11.1. The largest absolute Gasteiger partial charge is 0.478 e. The van der Waals surface area contributed by atoms with Crippen LogP contribution in [-0.2, 0) is 6.42 Å². The van der Waals surface area contributed by atoms with Gasteiger partial charge < -0.3 is 15.4 Å². The summed E-state index contributed by atoms with van der Waals surface area (Å²) in [5.74, 6) is -0.391. The minimum Gasteiger partial charge on any atom is -0.478 e. The van der Waals surface area contributed by atoms with E-state index < -0.39 is 5.97 Å². The van der Waals surface area contributed by atoms with E-state index in [1.54, 1.807) is 12.1 Å². The SMILES string of the molecule is C=C(/C=C\[CH+]CC(CCC)NC(=C)c1ccc(-c2c(Cl)cccc2-c2nc3c([nH]2)CC=CC=C3)c(C(=O)O)c1)CC. The third-order valence-electron chi connectivity index (χ3n) is 7.13. The Morgan fingerprint density at radius 2 is 2.05 bits per heavy atom. The molecule has 0 fully saturated rings. The third kappa shape index (κ3) is 7.30. The van der Waals surface area contributed by atoms with Gasteiger partial charge >= 0.3 is 5.97 Å². The predicted octanol–water partition coefficient (Wildman–Crippen LogP) is 9.07. The van der Waals surface area contributed by atoms with Crippen LogP contribution in [0.1, 0.15) is 66.8 Å². The smallest absolute Gasteiger partial charge is 0.336 e. The molecular formula is C35H37ClN3O2+. The Balaban J connectivity index is 1.64. The van der Waals surface area contributed by atoms with Gasteiger partial charge in [-0.1, -0.05) is 87.5 Å². The molecule has 2 aromatic carbocycles. The van der Waals surface area contributed by atoms with Crippen molar-refractivity contribution in [3.63, 3.8) is 0 Å². The van der Waals surface area contributed by atoms with Crippen molar-refractivity contribution < 1.29 is 9.90 Å². The van der Waals surface area contributed by atoms with Crippen LogP contribution in [0, 0.1) is 6.42 Å². The highest BCUT2D eigenvalue weighted by molar-refractivity contribution is 6.34. The second kappa shape index (κ2) is 13.9. The standard InChI is InChI=1S/C35H36ClN3O2/c1-5-13-26(15-11-10-14-23(3)6-2)37-24(4)25-20-21-27(29(22-25)35(40)41)33-28(16-12-17-30(33)36)34-38-31-18-8-7-9-19-32(31)39-34/h7-12,14,16-18,20-22,26,37H,3-6,13,15,19H2,1-2H3,(H-,38,39,40,41)/p+1/b14-10-. The van der Waals surface area contributed by atoms with E-state index in [4.69, 9.17) is 16.6 Å². The van der Waals surface area contributed by atoms with Crippen LogP contribution in [0.3, 0.4) is 0 Å². The lowest BCUT2D eigenvalue weighted by Gasteiger charge is -2.20. The summed E-state index contributed by atoms with van der Waals surface area (Å²) in [6.45, 7) is 12.5. The number of nitrogens with zero attached hydrogens (tertiary/aromatic N) is 1. The molecule has 0 amide bonds. The van der Waals surface area contributed by atoms with Crippen LogP contribution >= 0.6 is 11.6 Å². The fraction of sp³-hybridized carbons (Fsp3) is 0.229. The zero-order chi connectivity index (χ0) is 29.4. The van der Waals surface area contributed by atoms with E-state index in [2.05, 4.69) is 49.8 Å². The number of H-pyrrole nitrogens is 1. The molecule has 1 unspecified atom stereocenters. The fourth-order valence-electron chi connectivity index (χ4n) is 4.87. The molecule has 0 saturated heterocycles. The number of aromatic amines is 1. The topological polar surface area (TPSA) is 78.0 Å². The Morgan fingerprint density at radius 3 is 2.80 bits per heavy atom. The van der Waals surface area contributed by atoms with Gasteiger partial charge in [-0.2, -0.15) is 0 Å². The second-order valence-corrected chi connectivity index (χ2v) is 10.5. The van der Waals surface area contributed by atoms with E-state index in [1.165, 1.54) is 0 Å². The van der Waals surface area contributed by atoms with Crippen molar-refractivity contribution in [1.29, 1.82) is 0 Å². The second-order valence-electron chi connectivity index (χ2n) is 10.1. The average molecular weight is 567 g/mol. The Hall–Kier alpha value is -4.22. The molecule has 3 N–H and O–H groups in total. The molecule has 5 nitrogen and oxygen atoms in total. The number of halogens is 1. The van der Waals surface area contributed by atoms with Crippen molar-refractivity contribution in [1.82, 2.24) is 15.3 Å². The van der Waals surface area contributed by atoms with Gasteiger partial charge in [-0.15, -0.1) is 0 Å². The van der Waals surface area contributed by atoms with Crippen molar-refractivity contribution in [2.75, 3.05) is 0 Å². The maximum absolute atomic E-state index is 12.6. The van der Waals surface area contributed by atoms with E-state index >= 15 is 0 Å². The Labute approximate surface area is 248 Å². The molecule has 1 aromatic heterocycles. The number of benzene rings is 2. The quantitative estimate of drug-likeness (QED) is 0.142.